The van der Waals surface area contributed by atoms with E-state index in [1.807, 2.05) is 42.5 Å². The fourth-order valence-corrected chi connectivity index (χ4v) is 4.30. The number of piperazine rings is 1. The van der Waals surface area contributed by atoms with Crippen LogP contribution in [0.5, 0.6) is 5.88 Å². The van der Waals surface area contributed by atoms with Crippen LogP contribution in [-0.2, 0) is 4.84 Å². The number of aromatic hydroxyl groups is 1. The smallest absolute Gasteiger partial charge is 0.199 e. The van der Waals surface area contributed by atoms with Crippen molar-refractivity contribution >= 4 is 43.9 Å². The third kappa shape index (κ3) is 3.62. The van der Waals surface area contributed by atoms with E-state index in [-0.39, 0.29) is 5.88 Å². The maximum atomic E-state index is 10.7. The molecule has 5 rings (SSSR count). The molecule has 3 heterocycles. The van der Waals surface area contributed by atoms with Gasteiger partial charge in [-0.3, -0.25) is 4.90 Å². The molecule has 0 atom stereocenters. The Balaban J connectivity index is 1.46. The van der Waals surface area contributed by atoms with Crippen LogP contribution >= 0.6 is 15.9 Å². The number of aromatic nitrogens is 1. The van der Waals surface area contributed by atoms with Crippen LogP contribution in [0.4, 0.5) is 5.69 Å². The van der Waals surface area contributed by atoms with Gasteiger partial charge in [-0.15, -0.1) is 0 Å². The van der Waals surface area contributed by atoms with E-state index in [1.54, 1.807) is 0 Å². The molecule has 2 aliphatic rings. The molecule has 154 valence electrons. The summed E-state index contributed by atoms with van der Waals surface area (Å²) >= 11 is 3.52. The highest BCUT2D eigenvalue weighted by atomic mass is 79.9. The number of oxime groups is 1. The lowest BCUT2D eigenvalue weighted by molar-refractivity contribution is 0.106. The van der Waals surface area contributed by atoms with Gasteiger partial charge in [0, 0.05) is 53.7 Å². The minimum Gasteiger partial charge on any atom is -0.494 e. The summed E-state index contributed by atoms with van der Waals surface area (Å²) in [6, 6.07) is 13.6. The molecule has 1 aromatic heterocycles. The van der Waals surface area contributed by atoms with Gasteiger partial charge in [-0.25, -0.2) is 4.99 Å². The van der Waals surface area contributed by atoms with Crippen molar-refractivity contribution in [3.63, 3.8) is 0 Å². The number of fused-ring (bicyclic) bond motifs is 2. The second-order valence-corrected chi connectivity index (χ2v) is 8.30. The number of para-hydroxylation sites is 1. The Morgan fingerprint density at radius 2 is 2.00 bits per heavy atom. The first-order valence-electron chi connectivity index (χ1n) is 10.0. The molecule has 0 amide bonds. The molecular formula is C22H22BrN5O2. The number of rotatable bonds is 5. The van der Waals surface area contributed by atoms with Gasteiger partial charge in [0.2, 0.25) is 0 Å². The van der Waals surface area contributed by atoms with Crippen LogP contribution < -0.4 is 5.32 Å². The van der Waals surface area contributed by atoms with Crippen LogP contribution in [0.3, 0.4) is 0 Å². The predicted octanol–water partition coefficient (Wildman–Crippen LogP) is 3.40. The molecule has 8 heteroatoms. The number of hydrogen-bond donors (Lipinski definition) is 3. The number of aromatic amines is 1. The summed E-state index contributed by atoms with van der Waals surface area (Å²) in [5.41, 5.74) is 4.44. The lowest BCUT2D eigenvalue weighted by Crippen LogP contribution is -2.44. The van der Waals surface area contributed by atoms with Crippen LogP contribution in [0.15, 0.2) is 57.1 Å². The van der Waals surface area contributed by atoms with Crippen LogP contribution in [0.1, 0.15) is 11.1 Å². The van der Waals surface area contributed by atoms with Gasteiger partial charge in [-0.1, -0.05) is 39.3 Å². The zero-order valence-corrected chi connectivity index (χ0v) is 17.9. The molecule has 3 N–H and O–H groups in total. The molecule has 1 fully saturated rings. The number of H-pyrrole nitrogens is 1. The molecule has 3 aromatic rings. The first-order valence-corrected chi connectivity index (χ1v) is 10.8. The van der Waals surface area contributed by atoms with Crippen LogP contribution in [-0.4, -0.2) is 65.7 Å². The van der Waals surface area contributed by atoms with Crippen molar-refractivity contribution in [2.24, 2.45) is 10.1 Å². The Morgan fingerprint density at radius 1 is 1.17 bits per heavy atom. The second-order valence-electron chi connectivity index (χ2n) is 7.38. The first kappa shape index (κ1) is 19.3. The molecule has 2 aliphatic heterocycles. The summed E-state index contributed by atoms with van der Waals surface area (Å²) in [6.07, 6.45) is 0. The van der Waals surface area contributed by atoms with E-state index < -0.39 is 0 Å². The maximum Gasteiger partial charge on any atom is 0.199 e. The molecule has 0 aliphatic carbocycles. The Labute approximate surface area is 182 Å². The fraction of sp³-hybridized carbons (Fsp3) is 0.273. The molecule has 7 nitrogen and oxygen atoms in total. The number of benzene rings is 2. The van der Waals surface area contributed by atoms with Crippen LogP contribution in [0.2, 0.25) is 0 Å². The number of nitrogens with zero attached hydrogens (tertiary/aromatic N) is 3. The number of nitrogens with one attached hydrogen (secondary N) is 2. The van der Waals surface area contributed by atoms with Gasteiger partial charge in [-0.2, -0.15) is 0 Å². The Hall–Kier alpha value is -2.68. The zero-order valence-electron chi connectivity index (χ0n) is 16.4. The lowest BCUT2D eigenvalue weighted by Gasteiger charge is -2.26. The topological polar surface area (TPSA) is 85.2 Å². The Morgan fingerprint density at radius 3 is 2.87 bits per heavy atom. The monoisotopic (exact) mass is 467 g/mol. The van der Waals surface area contributed by atoms with Gasteiger partial charge in [-0.05, 0) is 24.3 Å². The summed E-state index contributed by atoms with van der Waals surface area (Å²) < 4.78 is 0.928. The third-order valence-electron chi connectivity index (χ3n) is 5.46. The molecule has 2 aromatic carbocycles. The van der Waals surface area contributed by atoms with E-state index in [0.29, 0.717) is 23.6 Å². The zero-order chi connectivity index (χ0) is 20.5. The van der Waals surface area contributed by atoms with Gasteiger partial charge in [0.1, 0.15) is 18.0 Å². The molecule has 0 radical (unpaired) electrons. The third-order valence-corrected chi connectivity index (χ3v) is 5.95. The average molecular weight is 468 g/mol. The van der Waals surface area contributed by atoms with Crippen molar-refractivity contribution in [2.75, 3.05) is 39.3 Å². The Kier molecular flexibility index (Phi) is 5.28. The fourth-order valence-electron chi connectivity index (χ4n) is 3.94. The van der Waals surface area contributed by atoms with Crippen molar-refractivity contribution in [1.82, 2.24) is 15.2 Å². The molecule has 0 spiro atoms. The molecular weight excluding hydrogens is 446 g/mol. The minimum atomic E-state index is 0.0724. The normalized spacial score (nSPS) is 18.0. The number of hydrogen-bond acceptors (Lipinski definition) is 6. The van der Waals surface area contributed by atoms with Crippen molar-refractivity contribution in [1.29, 1.82) is 0 Å². The lowest BCUT2D eigenvalue weighted by atomic mass is 10.0. The van der Waals surface area contributed by atoms with Crippen molar-refractivity contribution in [2.45, 2.75) is 0 Å². The summed E-state index contributed by atoms with van der Waals surface area (Å²) in [5.74, 6) is 0.0724. The van der Waals surface area contributed by atoms with E-state index in [4.69, 9.17) is 9.83 Å². The summed E-state index contributed by atoms with van der Waals surface area (Å²) in [5, 5.41) is 19.4. The van der Waals surface area contributed by atoms with E-state index in [2.05, 4.69) is 36.3 Å². The van der Waals surface area contributed by atoms with Gasteiger partial charge in [0.05, 0.1) is 11.3 Å². The predicted molar refractivity (Wildman–Crippen MR) is 122 cm³/mol. The molecule has 0 bridgehead atoms. The molecule has 30 heavy (non-hydrogen) atoms. The molecule has 0 unspecified atom stereocenters. The number of aliphatic imine (C=N–C) groups is 1. The van der Waals surface area contributed by atoms with Crippen LogP contribution in [0.25, 0.3) is 10.9 Å². The molecule has 1 saturated heterocycles. The quantitative estimate of drug-likeness (QED) is 0.396. The summed E-state index contributed by atoms with van der Waals surface area (Å²) in [6.45, 7) is 5.39. The number of halogens is 1. The average Bonchev–Trinajstić information content (AvgIpc) is 3.28. The van der Waals surface area contributed by atoms with Crippen molar-refractivity contribution < 1.29 is 9.94 Å². The SMILES string of the molecule is Oc1[nH]c2ccc(Br)cc2c1C1=Nc2ccccc2/C1=N\OCCN1CCNCC1. The van der Waals surface area contributed by atoms with E-state index in [0.717, 1.165) is 59.4 Å². The highest BCUT2D eigenvalue weighted by Gasteiger charge is 2.29. The van der Waals surface area contributed by atoms with E-state index in [1.165, 1.54) is 0 Å². The highest BCUT2D eigenvalue weighted by molar-refractivity contribution is 9.10. The first-order chi connectivity index (χ1) is 14.7. The summed E-state index contributed by atoms with van der Waals surface area (Å²) in [4.78, 5) is 15.9. The van der Waals surface area contributed by atoms with Crippen LogP contribution in [0, 0.1) is 0 Å². The van der Waals surface area contributed by atoms with Gasteiger partial charge >= 0.3 is 0 Å². The van der Waals surface area contributed by atoms with E-state index >= 15 is 0 Å². The van der Waals surface area contributed by atoms with Gasteiger partial charge < -0.3 is 20.2 Å². The Bertz CT molecular complexity index is 1150. The summed E-state index contributed by atoms with van der Waals surface area (Å²) in [7, 11) is 0. The van der Waals surface area contributed by atoms with Gasteiger partial charge in [0.25, 0.3) is 0 Å². The largest absolute Gasteiger partial charge is 0.494 e. The standard InChI is InChI=1S/C22H22BrN5O2/c23-14-5-6-18-16(13-14)19(22(29)26-18)21-20(15-3-1-2-4-17(15)25-21)27-30-12-11-28-9-7-24-8-10-28/h1-6,13,24,26,29H,7-12H2/b27-20+. The highest BCUT2D eigenvalue weighted by Crippen LogP contribution is 2.36. The maximum absolute atomic E-state index is 10.7. The minimum absolute atomic E-state index is 0.0724. The molecule has 0 saturated carbocycles. The van der Waals surface area contributed by atoms with Crippen molar-refractivity contribution in [3.05, 3.63) is 58.1 Å². The van der Waals surface area contributed by atoms with Crippen molar-refractivity contribution in [3.8, 4) is 5.88 Å². The second kappa shape index (κ2) is 8.22. The van der Waals surface area contributed by atoms with E-state index in [9.17, 15) is 5.11 Å². The van der Waals surface area contributed by atoms with Gasteiger partial charge in [0.15, 0.2) is 5.88 Å².